The maximum atomic E-state index is 13.0. The lowest BCUT2D eigenvalue weighted by molar-refractivity contribution is -0.386. The molecule has 0 spiro atoms. The Bertz CT molecular complexity index is 443. The van der Waals surface area contributed by atoms with E-state index in [2.05, 4.69) is 15.9 Å². The second-order valence-corrected chi connectivity index (χ2v) is 5.67. The number of hydrogen-bond donors (Lipinski definition) is 0. The third-order valence-electron chi connectivity index (χ3n) is 3.15. The van der Waals surface area contributed by atoms with Crippen molar-refractivity contribution in [2.75, 3.05) is 11.9 Å². The van der Waals surface area contributed by atoms with Gasteiger partial charge in [0, 0.05) is 5.33 Å². The first kappa shape index (κ1) is 17.9. The standard InChI is InChI=1S/C15H21BrFNO3/c16-10-6-4-2-1-3-5-7-11-21-15-9-8-13(17)12-14(15)18(19)20/h8-9,12H,1-7,10-11H2. The van der Waals surface area contributed by atoms with E-state index in [1.54, 1.807) is 0 Å². The van der Waals surface area contributed by atoms with Crippen molar-refractivity contribution in [3.63, 3.8) is 0 Å². The van der Waals surface area contributed by atoms with Crippen molar-refractivity contribution < 1.29 is 14.1 Å². The van der Waals surface area contributed by atoms with Gasteiger partial charge in [-0.1, -0.05) is 48.0 Å². The summed E-state index contributed by atoms with van der Waals surface area (Å²) in [5.74, 6) is -0.490. The highest BCUT2D eigenvalue weighted by atomic mass is 79.9. The van der Waals surface area contributed by atoms with Gasteiger partial charge in [-0.3, -0.25) is 10.1 Å². The van der Waals surface area contributed by atoms with Crippen LogP contribution in [0.4, 0.5) is 10.1 Å². The second-order valence-electron chi connectivity index (χ2n) is 4.88. The van der Waals surface area contributed by atoms with E-state index >= 15 is 0 Å². The average Bonchev–Trinajstić information content (AvgIpc) is 2.46. The molecule has 0 saturated heterocycles. The van der Waals surface area contributed by atoms with Crippen molar-refractivity contribution in [1.82, 2.24) is 0 Å². The Hall–Kier alpha value is -1.17. The van der Waals surface area contributed by atoms with Gasteiger partial charge in [0.15, 0.2) is 5.75 Å². The van der Waals surface area contributed by atoms with E-state index in [4.69, 9.17) is 4.74 Å². The van der Waals surface area contributed by atoms with Crippen LogP contribution in [0, 0.1) is 15.9 Å². The molecule has 0 bridgehead atoms. The van der Waals surface area contributed by atoms with Crippen LogP contribution in [0.5, 0.6) is 5.75 Å². The fraction of sp³-hybridized carbons (Fsp3) is 0.600. The molecule has 4 nitrogen and oxygen atoms in total. The quantitative estimate of drug-likeness (QED) is 0.234. The predicted molar refractivity (Wildman–Crippen MR) is 84.7 cm³/mol. The second kappa shape index (κ2) is 10.5. The molecule has 0 heterocycles. The summed E-state index contributed by atoms with van der Waals surface area (Å²) in [6.07, 6.45) is 7.98. The van der Waals surface area contributed by atoms with Gasteiger partial charge in [0.05, 0.1) is 17.6 Å². The van der Waals surface area contributed by atoms with Gasteiger partial charge in [-0.05, 0) is 25.0 Å². The zero-order chi connectivity index (χ0) is 15.5. The minimum atomic E-state index is -0.627. The van der Waals surface area contributed by atoms with Crippen molar-refractivity contribution in [2.45, 2.75) is 44.9 Å². The highest BCUT2D eigenvalue weighted by molar-refractivity contribution is 9.09. The third kappa shape index (κ3) is 7.41. The molecule has 0 aliphatic carbocycles. The van der Waals surface area contributed by atoms with Crippen molar-refractivity contribution in [1.29, 1.82) is 0 Å². The Balaban J connectivity index is 2.20. The third-order valence-corrected chi connectivity index (χ3v) is 3.71. The lowest BCUT2D eigenvalue weighted by atomic mass is 10.1. The van der Waals surface area contributed by atoms with Gasteiger partial charge in [0.1, 0.15) is 5.82 Å². The Kier molecular flexibility index (Phi) is 8.98. The molecule has 0 aliphatic heterocycles. The topological polar surface area (TPSA) is 52.4 Å². The van der Waals surface area contributed by atoms with E-state index in [0.717, 1.165) is 30.7 Å². The summed E-state index contributed by atoms with van der Waals surface area (Å²) < 4.78 is 18.3. The van der Waals surface area contributed by atoms with Crippen molar-refractivity contribution >= 4 is 21.6 Å². The maximum absolute atomic E-state index is 13.0. The summed E-state index contributed by atoms with van der Waals surface area (Å²) in [6, 6.07) is 3.37. The van der Waals surface area contributed by atoms with Crippen LogP contribution in [0.15, 0.2) is 18.2 Å². The number of nitro benzene ring substituents is 1. The van der Waals surface area contributed by atoms with Crippen LogP contribution in [-0.2, 0) is 0 Å². The smallest absolute Gasteiger partial charge is 0.313 e. The number of hydrogen-bond acceptors (Lipinski definition) is 3. The molecule has 0 atom stereocenters. The summed E-state index contributed by atoms with van der Waals surface area (Å²) in [7, 11) is 0. The molecule has 0 saturated carbocycles. The van der Waals surface area contributed by atoms with E-state index in [0.29, 0.717) is 6.61 Å². The molecule has 0 N–H and O–H groups in total. The van der Waals surface area contributed by atoms with Crippen LogP contribution >= 0.6 is 15.9 Å². The Morgan fingerprint density at radius 2 is 1.71 bits per heavy atom. The van der Waals surface area contributed by atoms with Crippen molar-refractivity contribution in [3.8, 4) is 5.75 Å². The molecule has 6 heteroatoms. The number of nitrogens with zero attached hydrogens (tertiary/aromatic N) is 1. The molecule has 0 radical (unpaired) electrons. The van der Waals surface area contributed by atoms with Gasteiger partial charge in [0.2, 0.25) is 0 Å². The molecule has 1 aromatic rings. The number of halogens is 2. The van der Waals surface area contributed by atoms with E-state index < -0.39 is 10.7 Å². The summed E-state index contributed by atoms with van der Waals surface area (Å²) in [5.41, 5.74) is -0.315. The Morgan fingerprint density at radius 3 is 2.33 bits per heavy atom. The van der Waals surface area contributed by atoms with E-state index in [1.807, 2.05) is 0 Å². The molecule has 118 valence electrons. The highest BCUT2D eigenvalue weighted by Gasteiger charge is 2.15. The summed E-state index contributed by atoms with van der Waals surface area (Å²) in [5, 5.41) is 11.9. The number of rotatable bonds is 11. The SMILES string of the molecule is O=[N+]([O-])c1cc(F)ccc1OCCCCCCCCCBr. The van der Waals surface area contributed by atoms with E-state index in [-0.39, 0.29) is 11.4 Å². The number of ether oxygens (including phenoxy) is 1. The van der Waals surface area contributed by atoms with Crippen LogP contribution < -0.4 is 4.74 Å². The van der Waals surface area contributed by atoms with Gasteiger partial charge < -0.3 is 4.74 Å². The summed E-state index contributed by atoms with van der Waals surface area (Å²) in [4.78, 5) is 10.2. The first-order valence-electron chi connectivity index (χ1n) is 7.28. The molecule has 0 aromatic heterocycles. The highest BCUT2D eigenvalue weighted by Crippen LogP contribution is 2.27. The summed E-state index contributed by atoms with van der Waals surface area (Å²) >= 11 is 3.41. The molecule has 1 rings (SSSR count). The minimum Gasteiger partial charge on any atom is -0.487 e. The first-order valence-corrected chi connectivity index (χ1v) is 8.40. The molecule has 0 amide bonds. The summed E-state index contributed by atoms with van der Waals surface area (Å²) in [6.45, 7) is 0.424. The Labute approximate surface area is 133 Å². The monoisotopic (exact) mass is 361 g/mol. The first-order chi connectivity index (χ1) is 10.1. The zero-order valence-electron chi connectivity index (χ0n) is 12.0. The average molecular weight is 362 g/mol. The molecular weight excluding hydrogens is 341 g/mol. The molecule has 0 unspecified atom stereocenters. The Morgan fingerprint density at radius 1 is 1.10 bits per heavy atom. The number of nitro groups is 1. The minimum absolute atomic E-state index is 0.138. The molecule has 0 fully saturated rings. The number of unbranched alkanes of at least 4 members (excludes halogenated alkanes) is 6. The fourth-order valence-electron chi connectivity index (χ4n) is 2.02. The van der Waals surface area contributed by atoms with E-state index in [9.17, 15) is 14.5 Å². The predicted octanol–water partition coefficient (Wildman–Crippen LogP) is 5.24. The fourth-order valence-corrected chi connectivity index (χ4v) is 2.41. The van der Waals surface area contributed by atoms with Crippen molar-refractivity contribution in [3.05, 3.63) is 34.1 Å². The number of alkyl halides is 1. The van der Waals surface area contributed by atoms with Crippen LogP contribution in [0.25, 0.3) is 0 Å². The largest absolute Gasteiger partial charge is 0.487 e. The molecule has 21 heavy (non-hydrogen) atoms. The van der Waals surface area contributed by atoms with Gasteiger partial charge >= 0.3 is 5.69 Å². The van der Waals surface area contributed by atoms with Crippen LogP contribution in [0.1, 0.15) is 44.9 Å². The van der Waals surface area contributed by atoms with Crippen molar-refractivity contribution in [2.24, 2.45) is 0 Å². The zero-order valence-corrected chi connectivity index (χ0v) is 13.6. The van der Waals surface area contributed by atoms with Gasteiger partial charge in [0.25, 0.3) is 0 Å². The van der Waals surface area contributed by atoms with Crippen LogP contribution in [0.3, 0.4) is 0 Å². The molecule has 0 aliphatic rings. The van der Waals surface area contributed by atoms with Gasteiger partial charge in [-0.25, -0.2) is 4.39 Å². The van der Waals surface area contributed by atoms with Crippen LogP contribution in [-0.4, -0.2) is 16.9 Å². The number of benzene rings is 1. The molecule has 1 aromatic carbocycles. The van der Waals surface area contributed by atoms with Crippen LogP contribution in [0.2, 0.25) is 0 Å². The maximum Gasteiger partial charge on any atom is 0.313 e. The van der Waals surface area contributed by atoms with E-state index in [1.165, 1.54) is 37.8 Å². The lowest BCUT2D eigenvalue weighted by Gasteiger charge is -2.06. The molecular formula is C15H21BrFNO3. The van der Waals surface area contributed by atoms with Gasteiger partial charge in [-0.15, -0.1) is 0 Å². The van der Waals surface area contributed by atoms with Gasteiger partial charge in [-0.2, -0.15) is 0 Å². The normalized spacial score (nSPS) is 10.6. The lowest BCUT2D eigenvalue weighted by Crippen LogP contribution is -2.01.